The number of rotatable bonds is 8. The lowest BCUT2D eigenvalue weighted by Crippen LogP contribution is -2.32. The van der Waals surface area contributed by atoms with Gasteiger partial charge >= 0.3 is 6.09 Å². The van der Waals surface area contributed by atoms with E-state index in [9.17, 15) is 9.59 Å². The Balaban J connectivity index is 1.90. The van der Waals surface area contributed by atoms with Crippen molar-refractivity contribution in [2.75, 3.05) is 14.2 Å². The van der Waals surface area contributed by atoms with E-state index >= 15 is 0 Å². The number of amides is 2. The summed E-state index contributed by atoms with van der Waals surface area (Å²) < 4.78 is 16.1. The van der Waals surface area contributed by atoms with Crippen molar-refractivity contribution < 1.29 is 23.8 Å². The van der Waals surface area contributed by atoms with Crippen LogP contribution in [0.3, 0.4) is 0 Å². The summed E-state index contributed by atoms with van der Waals surface area (Å²) in [6, 6.07) is 12.6. The Morgan fingerprint density at radius 1 is 1.00 bits per heavy atom. The van der Waals surface area contributed by atoms with E-state index in [0.29, 0.717) is 17.1 Å². The molecule has 0 aliphatic carbocycles. The molecule has 2 amide bonds. The highest BCUT2D eigenvalue weighted by atomic mass is 16.6. The van der Waals surface area contributed by atoms with Crippen LogP contribution < -0.4 is 20.1 Å². The number of ether oxygens (including phenoxy) is 3. The standard InChI is InChI=1S/C29H35N3O5/c1-18-8-9-30-17-26(18)22-10-20(16-31-28(34)37-29(3,4)5)11-23(12-22)27(33)32-19(2)21-13-24(35-6)15-25(14-21)36-7/h8-15,17,19H,16H2,1-7H3,(H,31,34)(H,32,33). The molecule has 0 spiro atoms. The predicted molar refractivity (Wildman–Crippen MR) is 143 cm³/mol. The number of aryl methyl sites for hydroxylation is 1. The van der Waals surface area contributed by atoms with E-state index in [0.717, 1.165) is 27.8 Å². The topological polar surface area (TPSA) is 98.8 Å². The van der Waals surface area contributed by atoms with Crippen molar-refractivity contribution in [3.05, 3.63) is 77.1 Å². The monoisotopic (exact) mass is 505 g/mol. The molecule has 0 aliphatic heterocycles. The molecule has 196 valence electrons. The summed E-state index contributed by atoms with van der Waals surface area (Å²) in [6.45, 7) is 9.50. The first-order chi connectivity index (χ1) is 17.5. The summed E-state index contributed by atoms with van der Waals surface area (Å²) in [7, 11) is 3.17. The molecule has 0 fully saturated rings. The van der Waals surface area contributed by atoms with E-state index in [-0.39, 0.29) is 18.5 Å². The van der Waals surface area contributed by atoms with E-state index in [1.54, 1.807) is 59.5 Å². The summed E-state index contributed by atoms with van der Waals surface area (Å²) >= 11 is 0. The minimum absolute atomic E-state index is 0.199. The van der Waals surface area contributed by atoms with Crippen LogP contribution in [0.1, 0.15) is 60.8 Å². The van der Waals surface area contributed by atoms with Crippen LogP contribution in [0.15, 0.2) is 54.9 Å². The van der Waals surface area contributed by atoms with E-state index in [1.807, 2.05) is 44.2 Å². The molecule has 8 heteroatoms. The second-order valence-electron chi connectivity index (χ2n) is 9.81. The summed E-state index contributed by atoms with van der Waals surface area (Å²) in [6.07, 6.45) is 2.97. The number of carbonyl (C=O) groups is 2. The fraction of sp³-hybridized carbons (Fsp3) is 0.345. The van der Waals surface area contributed by atoms with Gasteiger partial charge < -0.3 is 24.8 Å². The van der Waals surface area contributed by atoms with Crippen LogP contribution in [0.4, 0.5) is 4.79 Å². The third-order valence-electron chi connectivity index (χ3n) is 5.66. The van der Waals surface area contributed by atoms with Crippen LogP contribution in [-0.2, 0) is 11.3 Å². The maximum atomic E-state index is 13.4. The number of alkyl carbamates (subject to hydrolysis) is 1. The van der Waals surface area contributed by atoms with Crippen LogP contribution >= 0.6 is 0 Å². The fourth-order valence-electron chi connectivity index (χ4n) is 3.78. The van der Waals surface area contributed by atoms with Crippen molar-refractivity contribution in [3.8, 4) is 22.6 Å². The maximum absolute atomic E-state index is 13.4. The van der Waals surface area contributed by atoms with Gasteiger partial charge in [-0.1, -0.05) is 0 Å². The lowest BCUT2D eigenvalue weighted by Gasteiger charge is -2.20. The number of methoxy groups -OCH3 is 2. The van der Waals surface area contributed by atoms with Gasteiger partial charge in [0.05, 0.1) is 20.3 Å². The zero-order valence-corrected chi connectivity index (χ0v) is 22.5. The minimum Gasteiger partial charge on any atom is -0.497 e. The summed E-state index contributed by atoms with van der Waals surface area (Å²) in [5.74, 6) is 1.02. The molecule has 1 unspecified atom stereocenters. The van der Waals surface area contributed by atoms with Crippen LogP contribution in [0, 0.1) is 6.92 Å². The van der Waals surface area contributed by atoms with Gasteiger partial charge in [-0.15, -0.1) is 0 Å². The van der Waals surface area contributed by atoms with Gasteiger partial charge in [-0.2, -0.15) is 0 Å². The molecule has 3 aromatic rings. The second-order valence-corrected chi connectivity index (χ2v) is 9.81. The number of nitrogens with zero attached hydrogens (tertiary/aromatic N) is 1. The molecule has 2 N–H and O–H groups in total. The largest absolute Gasteiger partial charge is 0.497 e. The lowest BCUT2D eigenvalue weighted by molar-refractivity contribution is 0.0523. The van der Waals surface area contributed by atoms with Gasteiger partial charge in [0.2, 0.25) is 0 Å². The van der Waals surface area contributed by atoms with Crippen LogP contribution in [0.25, 0.3) is 11.1 Å². The summed E-state index contributed by atoms with van der Waals surface area (Å²) in [4.78, 5) is 29.9. The van der Waals surface area contributed by atoms with Crippen molar-refractivity contribution in [1.29, 1.82) is 0 Å². The average molecular weight is 506 g/mol. The van der Waals surface area contributed by atoms with Gasteiger partial charge in [0.25, 0.3) is 5.91 Å². The SMILES string of the molecule is COc1cc(OC)cc(C(C)NC(=O)c2cc(CNC(=O)OC(C)(C)C)cc(-c3cnccc3C)c2)c1. The van der Waals surface area contributed by atoms with Crippen molar-refractivity contribution in [1.82, 2.24) is 15.6 Å². The van der Waals surface area contributed by atoms with Crippen molar-refractivity contribution in [2.45, 2.75) is 52.8 Å². The molecule has 1 aromatic heterocycles. The Kier molecular flexibility index (Phi) is 8.76. The molecule has 0 saturated carbocycles. The number of carbonyl (C=O) groups excluding carboxylic acids is 2. The van der Waals surface area contributed by atoms with Crippen LogP contribution in [0.2, 0.25) is 0 Å². The van der Waals surface area contributed by atoms with Crippen LogP contribution in [-0.4, -0.2) is 36.8 Å². The molecular weight excluding hydrogens is 470 g/mol. The van der Waals surface area contributed by atoms with E-state index < -0.39 is 11.7 Å². The predicted octanol–water partition coefficient (Wildman–Crippen LogP) is 5.59. The smallest absolute Gasteiger partial charge is 0.407 e. The number of hydrogen-bond donors (Lipinski definition) is 2. The number of pyridine rings is 1. The number of benzene rings is 2. The summed E-state index contributed by atoms with van der Waals surface area (Å²) in [5.41, 5.74) is 4.21. The number of hydrogen-bond acceptors (Lipinski definition) is 6. The maximum Gasteiger partial charge on any atom is 0.407 e. The third-order valence-corrected chi connectivity index (χ3v) is 5.66. The Labute approximate surface area is 218 Å². The molecular formula is C29H35N3O5. The molecule has 3 rings (SSSR count). The molecule has 0 bridgehead atoms. The van der Waals surface area contributed by atoms with Crippen molar-refractivity contribution in [3.63, 3.8) is 0 Å². The quantitative estimate of drug-likeness (QED) is 0.414. The van der Waals surface area contributed by atoms with Crippen molar-refractivity contribution >= 4 is 12.0 Å². The third kappa shape index (κ3) is 7.70. The average Bonchev–Trinajstić information content (AvgIpc) is 2.86. The molecule has 37 heavy (non-hydrogen) atoms. The zero-order chi connectivity index (χ0) is 27.2. The Morgan fingerprint density at radius 2 is 1.68 bits per heavy atom. The number of nitrogens with one attached hydrogen (secondary N) is 2. The van der Waals surface area contributed by atoms with Gasteiger partial charge in [-0.3, -0.25) is 9.78 Å². The van der Waals surface area contributed by atoms with E-state index in [2.05, 4.69) is 15.6 Å². The first-order valence-corrected chi connectivity index (χ1v) is 12.0. The zero-order valence-electron chi connectivity index (χ0n) is 22.5. The summed E-state index contributed by atoms with van der Waals surface area (Å²) in [5, 5.41) is 5.82. The highest BCUT2D eigenvalue weighted by Gasteiger charge is 2.18. The molecule has 2 aromatic carbocycles. The van der Waals surface area contributed by atoms with Gasteiger partial charge in [-0.25, -0.2) is 4.79 Å². The Bertz CT molecular complexity index is 1240. The number of aromatic nitrogens is 1. The lowest BCUT2D eigenvalue weighted by atomic mass is 9.97. The Morgan fingerprint density at radius 3 is 2.27 bits per heavy atom. The molecule has 1 atom stereocenters. The van der Waals surface area contributed by atoms with Crippen LogP contribution in [0.5, 0.6) is 11.5 Å². The molecule has 1 heterocycles. The van der Waals surface area contributed by atoms with Gasteiger partial charge in [0, 0.05) is 36.1 Å². The molecule has 0 radical (unpaired) electrons. The highest BCUT2D eigenvalue weighted by molar-refractivity contribution is 5.96. The molecule has 8 nitrogen and oxygen atoms in total. The molecule has 0 aliphatic rings. The van der Waals surface area contributed by atoms with Crippen molar-refractivity contribution in [2.24, 2.45) is 0 Å². The fourth-order valence-corrected chi connectivity index (χ4v) is 3.78. The molecule has 0 saturated heterocycles. The second kappa shape index (κ2) is 11.8. The van der Waals surface area contributed by atoms with Gasteiger partial charge in [-0.05, 0) is 93.3 Å². The highest BCUT2D eigenvalue weighted by Crippen LogP contribution is 2.28. The normalized spacial score (nSPS) is 11.9. The van der Waals surface area contributed by atoms with E-state index in [1.165, 1.54) is 0 Å². The Hall–Kier alpha value is -4.07. The first-order valence-electron chi connectivity index (χ1n) is 12.0. The minimum atomic E-state index is -0.608. The first kappa shape index (κ1) is 27.5. The van der Waals surface area contributed by atoms with Gasteiger partial charge in [0.1, 0.15) is 17.1 Å². The van der Waals surface area contributed by atoms with E-state index in [4.69, 9.17) is 14.2 Å². The van der Waals surface area contributed by atoms with Gasteiger partial charge in [0.15, 0.2) is 0 Å².